The van der Waals surface area contributed by atoms with Crippen LogP contribution in [-0.2, 0) is 22.5 Å². The van der Waals surface area contributed by atoms with E-state index in [0.717, 1.165) is 11.3 Å². The first-order valence-corrected chi connectivity index (χ1v) is 11.9. The molecular weight excluding hydrogens is 444 g/mol. The molecule has 0 aliphatic heterocycles. The first kappa shape index (κ1) is 26.2. The highest BCUT2D eigenvalue weighted by molar-refractivity contribution is 6.11. The number of hydrogen-bond donors (Lipinski definition) is 3. The molecule has 0 aliphatic rings. The van der Waals surface area contributed by atoms with Crippen LogP contribution in [0, 0.1) is 5.92 Å². The zero-order valence-electron chi connectivity index (χ0n) is 21.4. The minimum atomic E-state index is -0.820. The molecule has 1 amide bonds. The summed E-state index contributed by atoms with van der Waals surface area (Å²) >= 11 is 0. The Morgan fingerprint density at radius 3 is 2.46 bits per heavy atom. The highest BCUT2D eigenvalue weighted by Crippen LogP contribution is 2.34. The molecule has 0 fully saturated rings. The lowest BCUT2D eigenvalue weighted by atomic mass is 10.0. The normalized spacial score (nSPS) is 12.6. The third kappa shape index (κ3) is 6.82. The summed E-state index contributed by atoms with van der Waals surface area (Å²) in [5.41, 5.74) is 2.03. The van der Waals surface area contributed by atoms with Crippen molar-refractivity contribution in [3.05, 3.63) is 53.9 Å². The van der Waals surface area contributed by atoms with E-state index < -0.39 is 11.6 Å². The number of nitrogens with one attached hydrogen (secondary N) is 2. The van der Waals surface area contributed by atoms with Crippen molar-refractivity contribution in [2.24, 2.45) is 5.92 Å². The van der Waals surface area contributed by atoms with E-state index in [1.807, 2.05) is 47.9 Å². The summed E-state index contributed by atoms with van der Waals surface area (Å²) in [4.78, 5) is 30.6. The Kier molecular flexibility index (Phi) is 8.17. The van der Waals surface area contributed by atoms with E-state index in [4.69, 9.17) is 4.74 Å². The summed E-state index contributed by atoms with van der Waals surface area (Å²) in [6.45, 7) is 10.1. The van der Waals surface area contributed by atoms with E-state index in [1.54, 1.807) is 20.0 Å². The zero-order chi connectivity index (χ0) is 25.8. The summed E-state index contributed by atoms with van der Waals surface area (Å²) in [6, 6.07) is 11.3. The highest BCUT2D eigenvalue weighted by atomic mass is 16.5. The number of esters is 1. The van der Waals surface area contributed by atoms with Gasteiger partial charge in [0.05, 0.1) is 36.7 Å². The smallest absolute Gasteiger partial charge is 0.356 e. The van der Waals surface area contributed by atoms with Crippen LogP contribution >= 0.6 is 0 Å². The number of carbonyl (C=O) groups is 2. The van der Waals surface area contributed by atoms with Gasteiger partial charge in [-0.3, -0.25) is 4.79 Å². The van der Waals surface area contributed by atoms with Crippen LogP contribution in [0.4, 0.5) is 11.4 Å². The van der Waals surface area contributed by atoms with Crippen molar-refractivity contribution in [1.82, 2.24) is 9.55 Å². The average Bonchev–Trinajstić information content (AvgIpc) is 3.04. The van der Waals surface area contributed by atoms with Crippen molar-refractivity contribution in [2.75, 3.05) is 17.7 Å². The Hall–Kier alpha value is -3.39. The van der Waals surface area contributed by atoms with Crippen molar-refractivity contribution < 1.29 is 19.4 Å². The number of aliphatic hydroxyl groups is 1. The van der Waals surface area contributed by atoms with Crippen molar-refractivity contribution in [3.63, 3.8) is 0 Å². The number of amides is 1. The Balaban J connectivity index is 2.07. The lowest BCUT2D eigenvalue weighted by Crippen LogP contribution is -2.29. The molecule has 0 bridgehead atoms. The average molecular weight is 481 g/mol. The van der Waals surface area contributed by atoms with Crippen LogP contribution < -0.4 is 10.6 Å². The molecule has 1 aromatic carbocycles. The van der Waals surface area contributed by atoms with Crippen molar-refractivity contribution >= 4 is 34.3 Å². The van der Waals surface area contributed by atoms with Gasteiger partial charge in [-0.1, -0.05) is 44.2 Å². The molecule has 0 radical (unpaired) electrons. The molecule has 0 saturated heterocycles. The number of rotatable bonds is 10. The van der Waals surface area contributed by atoms with Crippen molar-refractivity contribution in [2.45, 2.75) is 65.6 Å². The zero-order valence-corrected chi connectivity index (χ0v) is 21.4. The summed E-state index contributed by atoms with van der Waals surface area (Å²) < 4.78 is 6.91. The van der Waals surface area contributed by atoms with Crippen LogP contribution in [0.2, 0.25) is 0 Å². The van der Waals surface area contributed by atoms with Gasteiger partial charge in [-0.2, -0.15) is 0 Å². The first-order valence-electron chi connectivity index (χ1n) is 11.9. The van der Waals surface area contributed by atoms with Crippen LogP contribution in [0.1, 0.15) is 57.1 Å². The van der Waals surface area contributed by atoms with E-state index >= 15 is 0 Å². The van der Waals surface area contributed by atoms with Crippen LogP contribution in [0.3, 0.4) is 0 Å². The number of nitrogens with zero attached hydrogens (tertiary/aromatic N) is 2. The Labute approximate surface area is 206 Å². The number of aromatic nitrogens is 2. The maximum atomic E-state index is 13.0. The van der Waals surface area contributed by atoms with Gasteiger partial charge in [0.25, 0.3) is 0 Å². The van der Waals surface area contributed by atoms with Gasteiger partial charge < -0.3 is 25.0 Å². The topological polar surface area (TPSA) is 105 Å². The standard InChI is InChI=1S/C27H36N4O4/c1-17(2)16-31-24(26(33)35-6)23(30-22(32)12-19-10-8-7-9-11-19)21-13-20(15-28-25(21)31)29-18(3)14-27(4,5)34/h7-11,13,15,17-18,29,34H,12,14,16H2,1-6H3,(H,30,32)/t18-/m0/s1. The lowest BCUT2D eigenvalue weighted by molar-refractivity contribution is -0.115. The summed E-state index contributed by atoms with van der Waals surface area (Å²) in [7, 11) is 1.33. The quantitative estimate of drug-likeness (QED) is 0.366. The van der Waals surface area contributed by atoms with Gasteiger partial charge in [-0.15, -0.1) is 0 Å². The number of anilines is 2. The van der Waals surface area contributed by atoms with Gasteiger partial charge in [-0.05, 0) is 44.7 Å². The molecule has 1 atom stereocenters. The Morgan fingerprint density at radius 2 is 1.86 bits per heavy atom. The van der Waals surface area contributed by atoms with Crippen molar-refractivity contribution in [3.8, 4) is 0 Å². The van der Waals surface area contributed by atoms with E-state index in [0.29, 0.717) is 29.7 Å². The maximum Gasteiger partial charge on any atom is 0.356 e. The molecule has 0 saturated carbocycles. The fourth-order valence-electron chi connectivity index (χ4n) is 4.33. The molecule has 0 spiro atoms. The van der Waals surface area contributed by atoms with Crippen LogP contribution in [0.5, 0.6) is 0 Å². The number of hydrogen-bond acceptors (Lipinski definition) is 6. The summed E-state index contributed by atoms with van der Waals surface area (Å²) in [6.07, 6.45) is 2.41. The Bertz CT molecular complexity index is 1180. The summed E-state index contributed by atoms with van der Waals surface area (Å²) in [5.74, 6) is -0.546. The molecule has 2 heterocycles. The van der Waals surface area contributed by atoms with E-state index in [-0.39, 0.29) is 30.0 Å². The predicted octanol–water partition coefficient (Wildman–Crippen LogP) is 4.62. The highest BCUT2D eigenvalue weighted by Gasteiger charge is 2.27. The number of pyridine rings is 1. The maximum absolute atomic E-state index is 13.0. The van der Waals surface area contributed by atoms with E-state index in [1.165, 1.54) is 7.11 Å². The molecule has 0 aliphatic carbocycles. The second kappa shape index (κ2) is 10.9. The van der Waals surface area contributed by atoms with Crippen LogP contribution in [0.25, 0.3) is 11.0 Å². The second-order valence-electron chi connectivity index (χ2n) is 10.1. The third-order valence-corrected chi connectivity index (χ3v) is 5.52. The molecule has 2 aromatic heterocycles. The van der Waals surface area contributed by atoms with Crippen LogP contribution in [0.15, 0.2) is 42.6 Å². The van der Waals surface area contributed by atoms with Gasteiger partial charge in [0, 0.05) is 18.0 Å². The SMILES string of the molecule is COC(=O)c1c(NC(=O)Cc2ccccc2)c2cc(N[C@@H](C)CC(C)(C)O)cnc2n1CC(C)C. The van der Waals surface area contributed by atoms with Crippen LogP contribution in [-0.4, -0.2) is 45.3 Å². The number of carbonyl (C=O) groups excluding carboxylic acids is 2. The van der Waals surface area contributed by atoms with E-state index in [2.05, 4.69) is 29.5 Å². The molecule has 0 unspecified atom stereocenters. The van der Waals surface area contributed by atoms with Gasteiger partial charge in [0.2, 0.25) is 5.91 Å². The monoisotopic (exact) mass is 480 g/mol. The minimum Gasteiger partial charge on any atom is -0.464 e. The molecule has 8 nitrogen and oxygen atoms in total. The predicted molar refractivity (Wildman–Crippen MR) is 139 cm³/mol. The number of methoxy groups -OCH3 is 1. The van der Waals surface area contributed by atoms with Crippen molar-refractivity contribution in [1.29, 1.82) is 0 Å². The fraction of sp³-hybridized carbons (Fsp3) is 0.444. The van der Waals surface area contributed by atoms with E-state index in [9.17, 15) is 14.7 Å². The molecule has 3 rings (SSSR count). The largest absolute Gasteiger partial charge is 0.464 e. The van der Waals surface area contributed by atoms with Gasteiger partial charge >= 0.3 is 5.97 Å². The molecule has 3 aromatic rings. The molecular formula is C27H36N4O4. The van der Waals surface area contributed by atoms with Gasteiger partial charge in [0.15, 0.2) is 5.69 Å². The lowest BCUT2D eigenvalue weighted by Gasteiger charge is -2.23. The number of ether oxygens (including phenoxy) is 1. The second-order valence-corrected chi connectivity index (χ2v) is 10.1. The first-order chi connectivity index (χ1) is 16.5. The molecule has 8 heteroatoms. The molecule has 188 valence electrons. The van der Waals surface area contributed by atoms with Gasteiger partial charge in [-0.25, -0.2) is 9.78 Å². The number of benzene rings is 1. The molecule has 35 heavy (non-hydrogen) atoms. The molecule has 3 N–H and O–H groups in total. The van der Waals surface area contributed by atoms with Gasteiger partial charge in [0.1, 0.15) is 5.65 Å². The number of fused-ring (bicyclic) bond motifs is 1. The fourth-order valence-corrected chi connectivity index (χ4v) is 4.33. The Morgan fingerprint density at radius 1 is 1.17 bits per heavy atom. The minimum absolute atomic E-state index is 0.0248. The third-order valence-electron chi connectivity index (χ3n) is 5.52. The summed E-state index contributed by atoms with van der Waals surface area (Å²) in [5, 5.41) is 17.1.